The fourth-order valence-corrected chi connectivity index (χ4v) is 2.50. The van der Waals surface area contributed by atoms with Crippen LogP contribution in [0.25, 0.3) is 5.57 Å². The molecule has 1 aliphatic rings. The second kappa shape index (κ2) is 4.71. The van der Waals surface area contributed by atoms with Gasteiger partial charge in [0.05, 0.1) is 6.61 Å². The Bertz CT molecular complexity index is 669. The average molecular weight is 266 g/mol. The molecule has 0 aromatic heterocycles. The van der Waals surface area contributed by atoms with Crippen LogP contribution in [0.4, 0.5) is 0 Å². The van der Waals surface area contributed by atoms with Crippen LogP contribution in [0.1, 0.15) is 25.0 Å². The summed E-state index contributed by atoms with van der Waals surface area (Å²) in [5.74, 6) is 1.18. The van der Waals surface area contributed by atoms with E-state index in [0.29, 0.717) is 6.61 Å². The van der Waals surface area contributed by atoms with Crippen LogP contribution in [0.5, 0.6) is 11.5 Å². The Labute approximate surface area is 119 Å². The first-order valence-electron chi connectivity index (χ1n) is 6.80. The van der Waals surface area contributed by atoms with Gasteiger partial charge in [-0.15, -0.1) is 0 Å². The lowest BCUT2D eigenvalue weighted by Gasteiger charge is -2.18. The van der Waals surface area contributed by atoms with E-state index in [2.05, 4.69) is 26.0 Å². The molecule has 0 saturated heterocycles. The van der Waals surface area contributed by atoms with Crippen LogP contribution in [-0.4, -0.2) is 11.7 Å². The molecule has 2 heteroatoms. The smallest absolute Gasteiger partial charge is 0.127 e. The van der Waals surface area contributed by atoms with Crippen molar-refractivity contribution in [1.82, 2.24) is 0 Å². The van der Waals surface area contributed by atoms with Crippen molar-refractivity contribution in [2.75, 3.05) is 6.61 Å². The Morgan fingerprint density at radius 3 is 2.65 bits per heavy atom. The topological polar surface area (TPSA) is 29.5 Å². The third-order valence-electron chi connectivity index (χ3n) is 3.47. The molecule has 20 heavy (non-hydrogen) atoms. The van der Waals surface area contributed by atoms with Gasteiger partial charge in [0.1, 0.15) is 11.5 Å². The largest absolute Gasteiger partial charge is 0.508 e. The van der Waals surface area contributed by atoms with Crippen molar-refractivity contribution in [2.45, 2.75) is 13.8 Å². The Kier molecular flexibility index (Phi) is 3.01. The molecule has 2 aromatic carbocycles. The number of fused-ring (bicyclic) bond motifs is 1. The number of ether oxygens (including phenoxy) is 1. The number of aromatic hydroxyl groups is 1. The predicted octanol–water partition coefficient (Wildman–Crippen LogP) is 4.24. The molecule has 0 aliphatic carbocycles. The molecular weight excluding hydrogens is 248 g/mol. The monoisotopic (exact) mass is 266 g/mol. The van der Waals surface area contributed by atoms with Gasteiger partial charge in [-0.25, -0.2) is 0 Å². The van der Waals surface area contributed by atoms with Crippen LogP contribution in [0.15, 0.2) is 54.6 Å². The van der Waals surface area contributed by atoms with Gasteiger partial charge >= 0.3 is 0 Å². The molecule has 0 fully saturated rings. The summed E-state index contributed by atoms with van der Waals surface area (Å²) in [5, 5.41) is 9.73. The highest BCUT2D eigenvalue weighted by molar-refractivity contribution is 5.84. The molecule has 1 heterocycles. The van der Waals surface area contributed by atoms with Crippen molar-refractivity contribution in [3.8, 4) is 11.5 Å². The molecule has 0 saturated carbocycles. The van der Waals surface area contributed by atoms with Crippen LogP contribution >= 0.6 is 0 Å². The summed E-state index contributed by atoms with van der Waals surface area (Å²) in [6.45, 7) is 4.95. The highest BCUT2D eigenvalue weighted by Crippen LogP contribution is 2.38. The maximum atomic E-state index is 9.73. The van der Waals surface area contributed by atoms with Gasteiger partial charge in [-0.05, 0) is 29.3 Å². The minimum absolute atomic E-state index is 0.0557. The highest BCUT2D eigenvalue weighted by atomic mass is 16.5. The number of phenols is 1. The number of phenolic OH excluding ortho intramolecular Hbond substituents is 1. The average Bonchev–Trinajstić information content (AvgIpc) is 2.56. The van der Waals surface area contributed by atoms with Gasteiger partial charge in [0, 0.05) is 11.0 Å². The third-order valence-corrected chi connectivity index (χ3v) is 3.47. The van der Waals surface area contributed by atoms with E-state index in [0.717, 1.165) is 22.4 Å². The molecule has 102 valence electrons. The standard InChI is InChI=1S/C18H18O2/c1-18(2)11-16(13-6-5-7-14(19)10-13)15-8-3-4-9-17(15)20-12-18/h3-11,19H,12H2,1-2H3. The van der Waals surface area contributed by atoms with E-state index in [1.807, 2.05) is 30.3 Å². The van der Waals surface area contributed by atoms with Crippen molar-refractivity contribution < 1.29 is 9.84 Å². The summed E-state index contributed by atoms with van der Waals surface area (Å²) < 4.78 is 5.93. The Morgan fingerprint density at radius 1 is 1.05 bits per heavy atom. The van der Waals surface area contributed by atoms with Crippen LogP contribution < -0.4 is 4.74 Å². The lowest BCUT2D eigenvalue weighted by Crippen LogP contribution is -2.17. The van der Waals surface area contributed by atoms with Crippen LogP contribution in [-0.2, 0) is 0 Å². The lowest BCUT2D eigenvalue weighted by atomic mass is 9.87. The number of hydrogen-bond acceptors (Lipinski definition) is 2. The second-order valence-corrected chi connectivity index (χ2v) is 5.88. The van der Waals surface area contributed by atoms with Crippen molar-refractivity contribution in [3.63, 3.8) is 0 Å². The molecule has 0 atom stereocenters. The first kappa shape index (κ1) is 12.8. The molecule has 1 N–H and O–H groups in total. The SMILES string of the molecule is CC1(C)C=C(c2cccc(O)c2)c2ccccc2OC1. The first-order valence-corrected chi connectivity index (χ1v) is 6.80. The fourth-order valence-electron chi connectivity index (χ4n) is 2.50. The quantitative estimate of drug-likeness (QED) is 0.836. The van der Waals surface area contributed by atoms with E-state index in [1.165, 1.54) is 0 Å². The summed E-state index contributed by atoms with van der Waals surface area (Å²) in [7, 11) is 0. The van der Waals surface area contributed by atoms with Crippen LogP contribution in [0.2, 0.25) is 0 Å². The Hall–Kier alpha value is -2.22. The summed E-state index contributed by atoms with van der Waals surface area (Å²) in [5.41, 5.74) is 3.14. The van der Waals surface area contributed by atoms with E-state index < -0.39 is 0 Å². The van der Waals surface area contributed by atoms with Crippen LogP contribution in [0, 0.1) is 5.41 Å². The van der Waals surface area contributed by atoms with Gasteiger partial charge < -0.3 is 9.84 Å². The van der Waals surface area contributed by atoms with Gasteiger partial charge in [0.25, 0.3) is 0 Å². The summed E-state index contributed by atoms with van der Waals surface area (Å²) in [6.07, 6.45) is 2.23. The molecule has 1 aliphatic heterocycles. The van der Waals surface area contributed by atoms with Crippen LogP contribution in [0.3, 0.4) is 0 Å². The van der Waals surface area contributed by atoms with E-state index >= 15 is 0 Å². The van der Waals surface area contributed by atoms with Gasteiger partial charge in [-0.3, -0.25) is 0 Å². The number of hydrogen-bond donors (Lipinski definition) is 1. The van der Waals surface area contributed by atoms with Gasteiger partial charge in [0.2, 0.25) is 0 Å². The molecule has 2 nitrogen and oxygen atoms in total. The Morgan fingerprint density at radius 2 is 1.85 bits per heavy atom. The highest BCUT2D eigenvalue weighted by Gasteiger charge is 2.24. The van der Waals surface area contributed by atoms with Gasteiger partial charge in [-0.1, -0.05) is 50.3 Å². The van der Waals surface area contributed by atoms with E-state index in [4.69, 9.17) is 4.74 Å². The van der Waals surface area contributed by atoms with Crippen molar-refractivity contribution >= 4 is 5.57 Å². The minimum atomic E-state index is -0.0557. The lowest BCUT2D eigenvalue weighted by molar-refractivity contribution is 0.225. The molecule has 0 bridgehead atoms. The van der Waals surface area contributed by atoms with E-state index in [1.54, 1.807) is 12.1 Å². The summed E-state index contributed by atoms with van der Waals surface area (Å²) in [6, 6.07) is 15.4. The Balaban J connectivity index is 2.21. The number of para-hydroxylation sites is 1. The maximum Gasteiger partial charge on any atom is 0.127 e. The zero-order valence-corrected chi connectivity index (χ0v) is 11.8. The molecule has 0 amide bonds. The van der Waals surface area contributed by atoms with Crippen molar-refractivity contribution in [3.05, 3.63) is 65.7 Å². The molecule has 0 radical (unpaired) electrons. The van der Waals surface area contributed by atoms with E-state index in [9.17, 15) is 5.11 Å². The van der Waals surface area contributed by atoms with E-state index in [-0.39, 0.29) is 11.2 Å². The van der Waals surface area contributed by atoms with Crippen molar-refractivity contribution in [1.29, 1.82) is 0 Å². The van der Waals surface area contributed by atoms with Gasteiger partial charge in [-0.2, -0.15) is 0 Å². The second-order valence-electron chi connectivity index (χ2n) is 5.88. The normalized spacial score (nSPS) is 16.6. The number of rotatable bonds is 1. The summed E-state index contributed by atoms with van der Waals surface area (Å²) in [4.78, 5) is 0. The fraction of sp³-hybridized carbons (Fsp3) is 0.222. The summed E-state index contributed by atoms with van der Waals surface area (Å²) >= 11 is 0. The predicted molar refractivity (Wildman–Crippen MR) is 80.9 cm³/mol. The maximum absolute atomic E-state index is 9.73. The van der Waals surface area contributed by atoms with Crippen molar-refractivity contribution in [2.24, 2.45) is 5.41 Å². The molecule has 2 aromatic rings. The molecular formula is C18H18O2. The first-order chi connectivity index (χ1) is 9.55. The zero-order chi connectivity index (χ0) is 14.2. The molecule has 3 rings (SSSR count). The molecule has 0 unspecified atom stereocenters. The molecule has 0 spiro atoms. The van der Waals surface area contributed by atoms with Gasteiger partial charge in [0.15, 0.2) is 0 Å². The third kappa shape index (κ3) is 2.42. The zero-order valence-electron chi connectivity index (χ0n) is 11.8. The number of benzene rings is 2. The minimum Gasteiger partial charge on any atom is -0.508 e.